The van der Waals surface area contributed by atoms with Gasteiger partial charge in [0.2, 0.25) is 5.75 Å². The van der Waals surface area contributed by atoms with Gasteiger partial charge in [0, 0.05) is 0 Å². The fraction of sp³-hybridized carbons (Fsp3) is 0.182. The molecule has 0 aliphatic rings. The molecule has 0 saturated heterocycles. The molecule has 0 bridgehead atoms. The van der Waals surface area contributed by atoms with Crippen LogP contribution in [0.15, 0.2) is 23.0 Å². The van der Waals surface area contributed by atoms with Gasteiger partial charge in [-0.15, -0.1) is 4.73 Å². The van der Waals surface area contributed by atoms with E-state index in [0.29, 0.717) is 4.73 Å². The smallest absolute Gasteiger partial charge is 0.329 e. The molecule has 1 heterocycles. The summed E-state index contributed by atoms with van der Waals surface area (Å²) in [7, 11) is 2.64. The molecule has 2 N–H and O–H groups in total. The lowest BCUT2D eigenvalue weighted by Gasteiger charge is -2.11. The number of para-hydroxylation sites is 1. The van der Waals surface area contributed by atoms with Crippen molar-refractivity contribution in [1.82, 2.24) is 4.73 Å². The SMILES string of the molecule is COc1c(O)c2cccc(OC)c2n(O)c1=O. The van der Waals surface area contributed by atoms with Gasteiger partial charge in [0.25, 0.3) is 0 Å². The Bertz CT molecular complexity index is 632. The second-order valence-corrected chi connectivity index (χ2v) is 3.36. The van der Waals surface area contributed by atoms with E-state index in [2.05, 4.69) is 0 Å². The standard InChI is InChI=1S/C11H11NO5/c1-16-7-5-3-4-6-8(7)12(15)11(14)10(17-2)9(6)13/h3-5,13,15H,1-2H3. The van der Waals surface area contributed by atoms with Gasteiger partial charge in [0.1, 0.15) is 11.3 Å². The Balaban J connectivity index is 3.03. The second kappa shape index (κ2) is 3.89. The average molecular weight is 237 g/mol. The van der Waals surface area contributed by atoms with E-state index in [1.165, 1.54) is 14.2 Å². The highest BCUT2D eigenvalue weighted by atomic mass is 16.5. The number of nitrogens with zero attached hydrogens (tertiary/aromatic N) is 1. The fourth-order valence-electron chi connectivity index (χ4n) is 1.70. The van der Waals surface area contributed by atoms with Gasteiger partial charge in [-0.25, -0.2) is 0 Å². The van der Waals surface area contributed by atoms with Crippen LogP contribution in [0.3, 0.4) is 0 Å². The lowest BCUT2D eigenvalue weighted by molar-refractivity contribution is 0.181. The van der Waals surface area contributed by atoms with Crippen molar-refractivity contribution >= 4 is 10.9 Å². The molecule has 0 aliphatic heterocycles. The van der Waals surface area contributed by atoms with Gasteiger partial charge >= 0.3 is 5.56 Å². The highest BCUT2D eigenvalue weighted by Crippen LogP contribution is 2.34. The summed E-state index contributed by atoms with van der Waals surface area (Å²) in [4.78, 5) is 11.7. The minimum absolute atomic E-state index is 0.0956. The van der Waals surface area contributed by atoms with E-state index in [-0.39, 0.29) is 28.2 Å². The molecule has 0 amide bonds. The maximum Gasteiger partial charge on any atom is 0.329 e. The molecule has 2 rings (SSSR count). The Morgan fingerprint density at radius 2 is 1.94 bits per heavy atom. The predicted octanol–water partition coefficient (Wildman–Crippen LogP) is 0.962. The zero-order valence-electron chi connectivity index (χ0n) is 9.30. The molecule has 0 spiro atoms. The van der Waals surface area contributed by atoms with Gasteiger partial charge in [-0.2, -0.15) is 0 Å². The van der Waals surface area contributed by atoms with E-state index in [1.807, 2.05) is 0 Å². The molecule has 6 nitrogen and oxygen atoms in total. The molecule has 1 aromatic carbocycles. The van der Waals surface area contributed by atoms with Crippen molar-refractivity contribution in [3.05, 3.63) is 28.6 Å². The van der Waals surface area contributed by atoms with Crippen LogP contribution in [0, 0.1) is 0 Å². The lowest BCUT2D eigenvalue weighted by atomic mass is 10.2. The molecule has 0 aliphatic carbocycles. The van der Waals surface area contributed by atoms with Crippen LogP contribution in [-0.2, 0) is 0 Å². The lowest BCUT2D eigenvalue weighted by Crippen LogP contribution is -2.20. The van der Waals surface area contributed by atoms with Gasteiger partial charge in [0.15, 0.2) is 5.75 Å². The van der Waals surface area contributed by atoms with Crippen LogP contribution in [0.5, 0.6) is 17.2 Å². The number of hydrogen-bond donors (Lipinski definition) is 2. The molecule has 0 saturated carbocycles. The summed E-state index contributed by atoms with van der Waals surface area (Å²) >= 11 is 0. The Hall–Kier alpha value is -2.37. The molecular weight excluding hydrogens is 226 g/mol. The fourth-order valence-corrected chi connectivity index (χ4v) is 1.70. The van der Waals surface area contributed by atoms with Crippen LogP contribution < -0.4 is 15.0 Å². The summed E-state index contributed by atoms with van der Waals surface area (Å²) in [6.45, 7) is 0. The number of rotatable bonds is 2. The van der Waals surface area contributed by atoms with Crippen molar-refractivity contribution in [3.63, 3.8) is 0 Å². The first-order valence-corrected chi connectivity index (χ1v) is 4.79. The van der Waals surface area contributed by atoms with E-state index in [4.69, 9.17) is 9.47 Å². The number of aromatic hydroxyl groups is 1. The number of fused-ring (bicyclic) bond motifs is 1. The third kappa shape index (κ3) is 1.45. The van der Waals surface area contributed by atoms with Crippen molar-refractivity contribution in [1.29, 1.82) is 0 Å². The summed E-state index contributed by atoms with van der Waals surface area (Å²) in [6.07, 6.45) is 0. The number of aromatic nitrogens is 1. The summed E-state index contributed by atoms with van der Waals surface area (Å²) in [5, 5.41) is 19.9. The maximum absolute atomic E-state index is 11.7. The average Bonchev–Trinajstić information content (AvgIpc) is 2.36. The van der Waals surface area contributed by atoms with E-state index in [9.17, 15) is 15.1 Å². The van der Waals surface area contributed by atoms with Crippen LogP contribution in [-0.4, -0.2) is 29.3 Å². The third-order valence-electron chi connectivity index (χ3n) is 2.49. The van der Waals surface area contributed by atoms with Crippen LogP contribution in [0.2, 0.25) is 0 Å². The van der Waals surface area contributed by atoms with E-state index < -0.39 is 5.56 Å². The van der Waals surface area contributed by atoms with Crippen molar-refractivity contribution in [2.24, 2.45) is 0 Å². The Labute approximate surface area is 96.2 Å². The third-order valence-corrected chi connectivity index (χ3v) is 2.49. The highest BCUT2D eigenvalue weighted by molar-refractivity contribution is 5.91. The summed E-state index contributed by atoms with van der Waals surface area (Å²) in [5.41, 5.74) is -0.750. The van der Waals surface area contributed by atoms with Crippen LogP contribution in [0.25, 0.3) is 10.9 Å². The zero-order valence-corrected chi connectivity index (χ0v) is 9.30. The normalized spacial score (nSPS) is 10.5. The van der Waals surface area contributed by atoms with Gasteiger partial charge < -0.3 is 19.8 Å². The first kappa shape index (κ1) is 11.1. The summed E-state index contributed by atoms with van der Waals surface area (Å²) in [5.74, 6) is -0.356. The molecule has 0 atom stereocenters. The monoisotopic (exact) mass is 237 g/mol. The largest absolute Gasteiger partial charge is 0.504 e. The van der Waals surface area contributed by atoms with E-state index >= 15 is 0 Å². The van der Waals surface area contributed by atoms with E-state index in [1.54, 1.807) is 18.2 Å². The molecule has 6 heteroatoms. The van der Waals surface area contributed by atoms with Gasteiger partial charge in [-0.05, 0) is 12.1 Å². The topological polar surface area (TPSA) is 80.9 Å². The van der Waals surface area contributed by atoms with Gasteiger partial charge in [-0.1, -0.05) is 6.07 Å². The van der Waals surface area contributed by atoms with Crippen molar-refractivity contribution in [2.75, 3.05) is 14.2 Å². The van der Waals surface area contributed by atoms with Crippen molar-refractivity contribution in [3.8, 4) is 17.2 Å². The van der Waals surface area contributed by atoms with Crippen LogP contribution >= 0.6 is 0 Å². The van der Waals surface area contributed by atoms with Crippen LogP contribution in [0.1, 0.15) is 0 Å². The van der Waals surface area contributed by atoms with E-state index in [0.717, 1.165) is 0 Å². The molecular formula is C11H11NO5. The molecule has 17 heavy (non-hydrogen) atoms. The number of ether oxygens (including phenoxy) is 2. The molecule has 1 aromatic heterocycles. The Morgan fingerprint density at radius 1 is 1.24 bits per heavy atom. The molecule has 90 valence electrons. The van der Waals surface area contributed by atoms with Gasteiger partial charge in [0.05, 0.1) is 19.6 Å². The second-order valence-electron chi connectivity index (χ2n) is 3.36. The van der Waals surface area contributed by atoms with Crippen molar-refractivity contribution < 1.29 is 19.8 Å². The molecule has 2 aromatic rings. The number of methoxy groups -OCH3 is 2. The summed E-state index contributed by atoms with van der Waals surface area (Å²) in [6, 6.07) is 4.74. The molecule has 0 unspecified atom stereocenters. The number of pyridine rings is 1. The van der Waals surface area contributed by atoms with Crippen molar-refractivity contribution in [2.45, 2.75) is 0 Å². The maximum atomic E-state index is 11.7. The number of benzene rings is 1. The predicted molar refractivity (Wildman–Crippen MR) is 60.2 cm³/mol. The van der Waals surface area contributed by atoms with Crippen LogP contribution in [0.4, 0.5) is 0 Å². The first-order chi connectivity index (χ1) is 8.11. The minimum atomic E-state index is -0.845. The summed E-state index contributed by atoms with van der Waals surface area (Å²) < 4.78 is 10.2. The minimum Gasteiger partial charge on any atom is -0.504 e. The Kier molecular flexibility index (Phi) is 2.55. The van der Waals surface area contributed by atoms with Gasteiger partial charge in [-0.3, -0.25) is 4.79 Å². The molecule has 0 fully saturated rings. The number of hydrogen-bond acceptors (Lipinski definition) is 5. The first-order valence-electron chi connectivity index (χ1n) is 4.79. The quantitative estimate of drug-likeness (QED) is 0.760. The Morgan fingerprint density at radius 3 is 2.53 bits per heavy atom. The molecule has 0 radical (unpaired) electrons. The zero-order chi connectivity index (χ0) is 12.6. The highest BCUT2D eigenvalue weighted by Gasteiger charge is 2.18.